The van der Waals surface area contributed by atoms with Crippen LogP contribution in [0, 0.1) is 0 Å². The van der Waals surface area contributed by atoms with E-state index in [0.29, 0.717) is 0 Å². The smallest absolute Gasteiger partial charge is 0.250 e. The van der Waals surface area contributed by atoms with E-state index in [9.17, 15) is 0 Å². The molecule has 0 saturated carbocycles. The molecule has 2 nitrogen and oxygen atoms in total. The van der Waals surface area contributed by atoms with E-state index in [1.807, 2.05) is 0 Å². The molecule has 1 aliphatic rings. The second-order valence-electron chi connectivity index (χ2n) is 5.20. The van der Waals surface area contributed by atoms with Crippen LogP contribution in [0.4, 0.5) is 0 Å². The molecule has 1 aromatic rings. The van der Waals surface area contributed by atoms with E-state index in [4.69, 9.17) is 4.43 Å². The van der Waals surface area contributed by atoms with E-state index in [2.05, 4.69) is 48.6 Å². The summed E-state index contributed by atoms with van der Waals surface area (Å²) in [6.45, 7) is 9.05. The van der Waals surface area contributed by atoms with E-state index in [-0.39, 0.29) is 0 Å². The molecule has 0 aromatic carbocycles. The molecule has 1 aliphatic carbocycles. The Kier molecular flexibility index (Phi) is 4.90. The van der Waals surface area contributed by atoms with E-state index >= 15 is 0 Å². The molecule has 0 amide bonds. The number of halogens is 1. The molecule has 5 heteroatoms. The normalized spacial score (nSPS) is 15.6. The molecule has 0 spiro atoms. The minimum Gasteiger partial charge on any atom is -0.543 e. The van der Waals surface area contributed by atoms with Gasteiger partial charge in [0.05, 0.1) is 10.6 Å². The number of aryl methyl sites for hydroxylation is 1. The molecular formula is C14H22BrNOSSi. The summed E-state index contributed by atoms with van der Waals surface area (Å²) in [4.78, 5) is 5.85. The van der Waals surface area contributed by atoms with Gasteiger partial charge in [0.25, 0.3) is 8.32 Å². The average Bonchev–Trinajstić information content (AvgIpc) is 2.80. The number of allylic oxidation sites excluding steroid dienone is 1. The summed E-state index contributed by atoms with van der Waals surface area (Å²) in [6, 6.07) is 3.56. The fraction of sp³-hybridized carbons (Fsp3) is 0.643. The Labute approximate surface area is 129 Å². The monoisotopic (exact) mass is 359 g/mol. The van der Waals surface area contributed by atoms with Crippen molar-refractivity contribution in [1.29, 1.82) is 0 Å². The van der Waals surface area contributed by atoms with Crippen LogP contribution in [0.25, 0.3) is 5.76 Å². The zero-order valence-electron chi connectivity index (χ0n) is 12.2. The van der Waals surface area contributed by atoms with Gasteiger partial charge >= 0.3 is 0 Å². The third kappa shape index (κ3) is 2.98. The third-order valence-corrected chi connectivity index (χ3v) is 10.3. The highest BCUT2D eigenvalue weighted by Crippen LogP contribution is 2.40. The lowest BCUT2D eigenvalue weighted by Gasteiger charge is -2.32. The van der Waals surface area contributed by atoms with E-state index in [0.717, 1.165) is 22.5 Å². The van der Waals surface area contributed by atoms with Crippen molar-refractivity contribution < 1.29 is 4.43 Å². The lowest BCUT2D eigenvalue weighted by molar-refractivity contribution is 0.482. The van der Waals surface area contributed by atoms with Crippen molar-refractivity contribution in [3.05, 3.63) is 20.1 Å². The van der Waals surface area contributed by atoms with Crippen LogP contribution in [0.1, 0.15) is 44.7 Å². The van der Waals surface area contributed by atoms with Crippen molar-refractivity contribution in [1.82, 2.24) is 4.98 Å². The van der Waals surface area contributed by atoms with E-state index < -0.39 is 8.32 Å². The first-order valence-corrected chi connectivity index (χ1v) is 11.2. The largest absolute Gasteiger partial charge is 0.543 e. The van der Waals surface area contributed by atoms with Crippen LogP contribution >= 0.6 is 27.3 Å². The highest BCUT2D eigenvalue weighted by molar-refractivity contribution is 9.11. The first kappa shape index (κ1) is 15.3. The van der Waals surface area contributed by atoms with Gasteiger partial charge in [-0.3, -0.25) is 0 Å². The Balaban J connectivity index is 2.37. The van der Waals surface area contributed by atoms with Gasteiger partial charge in [-0.05, 0) is 59.4 Å². The number of thiazole rings is 1. The summed E-state index contributed by atoms with van der Waals surface area (Å²) >= 11 is 5.23. The maximum Gasteiger partial charge on any atom is 0.250 e. The number of nitrogens with zero attached hydrogens (tertiary/aromatic N) is 1. The first-order valence-electron chi connectivity index (χ1n) is 7.09. The van der Waals surface area contributed by atoms with Gasteiger partial charge in [-0.2, -0.15) is 0 Å². The van der Waals surface area contributed by atoms with Gasteiger partial charge in [0.2, 0.25) is 0 Å². The minimum atomic E-state index is -1.60. The topological polar surface area (TPSA) is 22.1 Å². The Morgan fingerprint density at radius 3 is 2.42 bits per heavy atom. The molecule has 106 valence electrons. The maximum absolute atomic E-state index is 6.65. The summed E-state index contributed by atoms with van der Waals surface area (Å²) in [6.07, 6.45) is 2.13. The summed E-state index contributed by atoms with van der Waals surface area (Å²) in [7, 11) is -1.60. The molecule has 0 bridgehead atoms. The molecule has 0 unspecified atom stereocenters. The van der Waals surface area contributed by atoms with Crippen LogP contribution in [0.15, 0.2) is 9.49 Å². The molecule has 0 aliphatic heterocycles. The predicted molar refractivity (Wildman–Crippen MR) is 89.0 cm³/mol. The summed E-state index contributed by atoms with van der Waals surface area (Å²) in [5, 5.41) is 0. The molecule has 0 radical (unpaired) electrons. The third-order valence-electron chi connectivity index (χ3n) is 4.25. The Morgan fingerprint density at radius 1 is 1.21 bits per heavy atom. The Bertz CT molecular complexity index is 485. The molecule has 0 fully saturated rings. The van der Waals surface area contributed by atoms with Gasteiger partial charge in [0, 0.05) is 0 Å². The Hall–Kier alpha value is -0.133. The first-order chi connectivity index (χ1) is 9.05. The molecule has 0 N–H and O–H groups in total. The van der Waals surface area contributed by atoms with Gasteiger partial charge in [-0.1, -0.05) is 20.8 Å². The SMILES string of the molecule is CC[Si](CC)(CC)OC1=C(C)CCc2nc(Br)sc21. The number of hydrogen-bond acceptors (Lipinski definition) is 3. The lowest BCUT2D eigenvalue weighted by atomic mass is 10.0. The van der Waals surface area contributed by atoms with Crippen molar-refractivity contribution in [3.63, 3.8) is 0 Å². The quantitative estimate of drug-likeness (QED) is 0.637. The van der Waals surface area contributed by atoms with Crippen molar-refractivity contribution in [3.8, 4) is 0 Å². The number of hydrogen-bond donors (Lipinski definition) is 0. The van der Waals surface area contributed by atoms with Crippen molar-refractivity contribution in [2.75, 3.05) is 0 Å². The molecule has 2 rings (SSSR count). The highest BCUT2D eigenvalue weighted by Gasteiger charge is 2.34. The van der Waals surface area contributed by atoms with E-state index in [1.54, 1.807) is 11.3 Å². The van der Waals surface area contributed by atoms with Crippen molar-refractivity contribution in [2.24, 2.45) is 0 Å². The second kappa shape index (κ2) is 6.10. The fourth-order valence-corrected chi connectivity index (χ4v) is 6.91. The molecule has 0 atom stereocenters. The van der Waals surface area contributed by atoms with Gasteiger partial charge in [0.15, 0.2) is 3.92 Å². The molecule has 0 saturated heterocycles. The van der Waals surface area contributed by atoms with Crippen LogP contribution in [0.5, 0.6) is 0 Å². The van der Waals surface area contributed by atoms with Crippen molar-refractivity contribution in [2.45, 2.75) is 58.7 Å². The number of fused-ring (bicyclic) bond motifs is 1. The lowest BCUT2D eigenvalue weighted by Crippen LogP contribution is -2.35. The van der Waals surface area contributed by atoms with Crippen LogP contribution < -0.4 is 0 Å². The van der Waals surface area contributed by atoms with Gasteiger partial charge in [0.1, 0.15) is 5.76 Å². The summed E-state index contributed by atoms with van der Waals surface area (Å²) in [5.41, 5.74) is 2.61. The second-order valence-corrected chi connectivity index (χ2v) is 12.2. The fourth-order valence-electron chi connectivity index (χ4n) is 2.60. The average molecular weight is 360 g/mol. The van der Waals surface area contributed by atoms with Crippen LogP contribution in [-0.4, -0.2) is 13.3 Å². The standard InChI is InChI=1S/C14H22BrNOSSi/c1-5-19(6-2,7-3)17-12-10(4)8-9-11-13(12)18-14(15)16-11/h5-9H2,1-4H3. The maximum atomic E-state index is 6.65. The molecular weight excluding hydrogens is 338 g/mol. The summed E-state index contributed by atoms with van der Waals surface area (Å²) in [5.74, 6) is 1.15. The number of aromatic nitrogens is 1. The van der Waals surface area contributed by atoms with Gasteiger partial charge < -0.3 is 4.43 Å². The molecule has 1 heterocycles. The van der Waals surface area contributed by atoms with Gasteiger partial charge in [-0.25, -0.2) is 4.98 Å². The molecule has 19 heavy (non-hydrogen) atoms. The van der Waals surface area contributed by atoms with Crippen LogP contribution in [0.2, 0.25) is 18.1 Å². The number of rotatable bonds is 5. The zero-order valence-corrected chi connectivity index (χ0v) is 15.6. The summed E-state index contributed by atoms with van der Waals surface area (Å²) < 4.78 is 7.62. The Morgan fingerprint density at radius 2 is 1.84 bits per heavy atom. The van der Waals surface area contributed by atoms with Gasteiger partial charge in [-0.15, -0.1) is 11.3 Å². The minimum absolute atomic E-state index is 0.977. The molecule has 1 aromatic heterocycles. The predicted octanol–water partition coefficient (Wildman–Crippen LogP) is 5.60. The zero-order chi connectivity index (χ0) is 14.0. The van der Waals surface area contributed by atoms with Crippen LogP contribution in [-0.2, 0) is 10.8 Å². The van der Waals surface area contributed by atoms with E-state index in [1.165, 1.54) is 34.3 Å². The van der Waals surface area contributed by atoms with Crippen molar-refractivity contribution >= 4 is 41.3 Å². The van der Waals surface area contributed by atoms with Crippen LogP contribution in [0.3, 0.4) is 0 Å². The highest BCUT2D eigenvalue weighted by atomic mass is 79.9.